The van der Waals surface area contributed by atoms with Crippen molar-refractivity contribution in [3.63, 3.8) is 0 Å². The van der Waals surface area contributed by atoms with Crippen molar-refractivity contribution in [2.75, 3.05) is 13.2 Å². The zero-order chi connectivity index (χ0) is 22.6. The van der Waals surface area contributed by atoms with Crippen LogP contribution in [0.1, 0.15) is 29.0 Å². The van der Waals surface area contributed by atoms with E-state index in [0.29, 0.717) is 18.4 Å². The summed E-state index contributed by atoms with van der Waals surface area (Å²) in [6, 6.07) is 23.5. The molecule has 1 aromatic heterocycles. The van der Waals surface area contributed by atoms with Crippen LogP contribution >= 0.6 is 0 Å². The quantitative estimate of drug-likeness (QED) is 0.358. The Morgan fingerprint density at radius 1 is 0.939 bits per heavy atom. The Hall–Kier alpha value is -4.30. The van der Waals surface area contributed by atoms with E-state index < -0.39 is 6.09 Å². The molecule has 162 valence electrons. The maximum atomic E-state index is 12.2. The van der Waals surface area contributed by atoms with Gasteiger partial charge in [-0.2, -0.15) is 0 Å². The average Bonchev–Trinajstić information content (AvgIpc) is 3.17. The Balaban J connectivity index is 1.17. The molecular formula is C28H22N2O3. The number of benzene rings is 3. The van der Waals surface area contributed by atoms with Crippen molar-refractivity contribution in [3.8, 4) is 23.0 Å². The third-order valence-electron chi connectivity index (χ3n) is 5.88. The summed E-state index contributed by atoms with van der Waals surface area (Å²) in [5.74, 6) is 6.16. The van der Waals surface area contributed by atoms with Crippen molar-refractivity contribution in [2.24, 2.45) is 0 Å². The first-order valence-corrected chi connectivity index (χ1v) is 10.9. The molecule has 2 N–H and O–H groups in total. The smallest absolute Gasteiger partial charge is 0.407 e. The van der Waals surface area contributed by atoms with Gasteiger partial charge in [-0.15, -0.1) is 0 Å². The molecule has 1 aliphatic rings. The molecule has 0 atom stereocenters. The molecule has 3 aromatic carbocycles. The number of rotatable bonds is 4. The van der Waals surface area contributed by atoms with Crippen LogP contribution in [0.15, 0.2) is 83.8 Å². The van der Waals surface area contributed by atoms with Gasteiger partial charge in [0, 0.05) is 42.1 Å². The highest BCUT2D eigenvalue weighted by molar-refractivity contribution is 5.84. The number of aromatic amines is 1. The lowest BCUT2D eigenvalue weighted by molar-refractivity contribution is 0.143. The first kappa shape index (κ1) is 20.6. The second kappa shape index (κ2) is 9.05. The Kier molecular flexibility index (Phi) is 5.65. The number of nitrogens with one attached hydrogen (secondary N) is 2. The molecular weight excluding hydrogens is 412 g/mol. The normalized spacial score (nSPS) is 11.9. The topological polar surface area (TPSA) is 71.2 Å². The number of H-pyrrole nitrogens is 1. The highest BCUT2D eigenvalue weighted by Crippen LogP contribution is 2.44. The van der Waals surface area contributed by atoms with Crippen molar-refractivity contribution in [1.29, 1.82) is 0 Å². The van der Waals surface area contributed by atoms with Crippen molar-refractivity contribution in [2.45, 2.75) is 12.3 Å². The molecule has 1 aliphatic carbocycles. The van der Waals surface area contributed by atoms with Crippen molar-refractivity contribution >= 4 is 17.0 Å². The van der Waals surface area contributed by atoms with Gasteiger partial charge in [-0.1, -0.05) is 66.4 Å². The first-order chi connectivity index (χ1) is 16.2. The average molecular weight is 434 g/mol. The van der Waals surface area contributed by atoms with Crippen LogP contribution in [0.5, 0.6) is 0 Å². The van der Waals surface area contributed by atoms with Crippen LogP contribution in [0.25, 0.3) is 22.0 Å². The summed E-state index contributed by atoms with van der Waals surface area (Å²) in [6.45, 7) is 0.667. The summed E-state index contributed by atoms with van der Waals surface area (Å²) in [7, 11) is 0. The summed E-state index contributed by atoms with van der Waals surface area (Å²) in [4.78, 5) is 27.3. The molecule has 1 heterocycles. The van der Waals surface area contributed by atoms with E-state index in [0.717, 1.165) is 11.1 Å². The number of carbonyl (C=O) groups is 1. The summed E-state index contributed by atoms with van der Waals surface area (Å²) >= 11 is 0. The van der Waals surface area contributed by atoms with Gasteiger partial charge in [0.05, 0.1) is 5.52 Å². The Labute approximate surface area is 191 Å². The first-order valence-electron chi connectivity index (χ1n) is 10.9. The van der Waals surface area contributed by atoms with Gasteiger partial charge in [0.25, 0.3) is 0 Å². The van der Waals surface area contributed by atoms with Gasteiger partial charge in [0.1, 0.15) is 6.61 Å². The van der Waals surface area contributed by atoms with Gasteiger partial charge < -0.3 is 15.0 Å². The highest BCUT2D eigenvalue weighted by Gasteiger charge is 2.28. The second-order valence-electron chi connectivity index (χ2n) is 7.87. The fraction of sp³-hybridized carbons (Fsp3) is 0.143. The number of alkyl carbamates (subject to hydrolysis) is 1. The molecule has 0 unspecified atom stereocenters. The minimum absolute atomic E-state index is 0.0377. The van der Waals surface area contributed by atoms with Crippen LogP contribution in [0.4, 0.5) is 4.79 Å². The lowest BCUT2D eigenvalue weighted by Crippen LogP contribution is -2.26. The van der Waals surface area contributed by atoms with Gasteiger partial charge in [-0.3, -0.25) is 4.79 Å². The molecule has 1 amide bonds. The highest BCUT2D eigenvalue weighted by atomic mass is 16.5. The van der Waals surface area contributed by atoms with E-state index in [9.17, 15) is 9.59 Å². The van der Waals surface area contributed by atoms with Crippen LogP contribution in [0.2, 0.25) is 0 Å². The standard InChI is InChI=1S/C28H22N2O3/c31-26-15-17-29-27-19(9-7-14-24(26)27)8-5-6-16-30-28(32)33-18-25-22-12-3-1-10-20(22)21-11-2-4-13-23(21)25/h1-4,7,9-15,17,25H,6,16,18H2,(H,29,31)(H,30,32). The van der Waals surface area contributed by atoms with E-state index in [1.165, 1.54) is 28.3 Å². The van der Waals surface area contributed by atoms with Gasteiger partial charge >= 0.3 is 6.09 Å². The van der Waals surface area contributed by atoms with E-state index >= 15 is 0 Å². The SMILES string of the molecule is O=C(NCCC#Cc1cccc2c(=O)cc[nH]c12)OCC1c2ccccc2-c2ccccc21. The maximum Gasteiger partial charge on any atom is 0.407 e. The third-order valence-corrected chi connectivity index (χ3v) is 5.88. The fourth-order valence-electron chi connectivity index (χ4n) is 4.34. The predicted molar refractivity (Wildman–Crippen MR) is 129 cm³/mol. The zero-order valence-corrected chi connectivity index (χ0v) is 17.9. The summed E-state index contributed by atoms with van der Waals surface area (Å²) in [6.07, 6.45) is 1.64. The number of hydrogen-bond donors (Lipinski definition) is 2. The summed E-state index contributed by atoms with van der Waals surface area (Å²) in [5.41, 5.74) is 6.22. The minimum Gasteiger partial charge on any atom is -0.449 e. The molecule has 5 nitrogen and oxygen atoms in total. The number of hydrogen-bond acceptors (Lipinski definition) is 3. The fourth-order valence-corrected chi connectivity index (χ4v) is 4.34. The number of amides is 1. The molecule has 0 saturated heterocycles. The molecule has 0 fully saturated rings. The molecule has 0 saturated carbocycles. The van der Waals surface area contributed by atoms with Gasteiger partial charge in [0.15, 0.2) is 5.43 Å². The number of aromatic nitrogens is 1. The predicted octanol–water partition coefficient (Wildman–Crippen LogP) is 4.81. The second-order valence-corrected chi connectivity index (χ2v) is 7.87. The largest absolute Gasteiger partial charge is 0.449 e. The minimum atomic E-state index is -0.451. The summed E-state index contributed by atoms with van der Waals surface area (Å²) in [5, 5.41) is 3.38. The number of carbonyl (C=O) groups excluding carboxylic acids is 1. The van der Waals surface area contributed by atoms with Crippen LogP contribution in [-0.4, -0.2) is 24.2 Å². The van der Waals surface area contributed by atoms with Crippen LogP contribution < -0.4 is 10.7 Å². The van der Waals surface area contributed by atoms with E-state index in [4.69, 9.17) is 4.74 Å². The third kappa shape index (κ3) is 4.11. The van der Waals surface area contributed by atoms with Gasteiger partial charge in [-0.25, -0.2) is 4.79 Å². The molecule has 33 heavy (non-hydrogen) atoms. The van der Waals surface area contributed by atoms with Crippen LogP contribution in [0, 0.1) is 11.8 Å². The van der Waals surface area contributed by atoms with E-state index in [-0.39, 0.29) is 18.0 Å². The van der Waals surface area contributed by atoms with Crippen LogP contribution in [-0.2, 0) is 4.74 Å². The Morgan fingerprint density at radius 3 is 2.42 bits per heavy atom. The molecule has 0 aliphatic heterocycles. The number of para-hydroxylation sites is 1. The molecule has 0 radical (unpaired) electrons. The molecule has 5 heteroatoms. The molecule has 0 spiro atoms. The molecule has 4 aromatic rings. The lowest BCUT2D eigenvalue weighted by atomic mass is 9.98. The van der Waals surface area contributed by atoms with E-state index in [1.54, 1.807) is 12.3 Å². The number of ether oxygens (including phenoxy) is 1. The monoisotopic (exact) mass is 434 g/mol. The maximum absolute atomic E-state index is 12.2. The summed E-state index contributed by atoms with van der Waals surface area (Å²) < 4.78 is 5.54. The van der Waals surface area contributed by atoms with Gasteiger partial charge in [0.2, 0.25) is 0 Å². The number of pyridine rings is 1. The van der Waals surface area contributed by atoms with Crippen molar-refractivity contribution in [3.05, 3.63) is 106 Å². The lowest BCUT2D eigenvalue weighted by Gasteiger charge is -2.14. The zero-order valence-electron chi connectivity index (χ0n) is 17.9. The van der Waals surface area contributed by atoms with Crippen LogP contribution in [0.3, 0.4) is 0 Å². The molecule has 5 rings (SSSR count). The van der Waals surface area contributed by atoms with Gasteiger partial charge in [-0.05, 0) is 34.4 Å². The van der Waals surface area contributed by atoms with Crippen molar-refractivity contribution < 1.29 is 9.53 Å². The van der Waals surface area contributed by atoms with Crippen molar-refractivity contribution in [1.82, 2.24) is 10.3 Å². The molecule has 0 bridgehead atoms. The Morgan fingerprint density at radius 2 is 1.67 bits per heavy atom. The van der Waals surface area contributed by atoms with E-state index in [2.05, 4.69) is 46.4 Å². The number of fused-ring (bicyclic) bond motifs is 4. The Bertz CT molecular complexity index is 1410. The van der Waals surface area contributed by atoms with E-state index in [1.807, 2.05) is 36.4 Å².